The van der Waals surface area contributed by atoms with Crippen molar-refractivity contribution < 1.29 is 56.4 Å². The number of halogens is 2. The normalized spacial score (nSPS) is 10.9. The Balaban J connectivity index is 1.01. The second-order valence-corrected chi connectivity index (χ2v) is 17.1. The summed E-state index contributed by atoms with van der Waals surface area (Å²) in [5, 5.41) is 0. The van der Waals surface area contributed by atoms with Gasteiger partial charge in [-0.3, -0.25) is 0 Å². The first-order valence-corrected chi connectivity index (χ1v) is 24.7. The highest BCUT2D eigenvalue weighted by molar-refractivity contribution is 5.94. The van der Waals surface area contributed by atoms with Crippen LogP contribution in [0.15, 0.2) is 109 Å². The van der Waals surface area contributed by atoms with Gasteiger partial charge in [-0.2, -0.15) is 0 Å². The van der Waals surface area contributed by atoms with Crippen LogP contribution in [0.5, 0.6) is 34.5 Å². The predicted molar refractivity (Wildman–Crippen MR) is 262 cm³/mol. The minimum absolute atomic E-state index is 0.0217. The highest BCUT2D eigenvalue weighted by atomic mass is 19.1. The molecule has 5 rings (SSSR count). The number of ether oxygens (including phenoxy) is 6. The largest absolute Gasteiger partial charge is 0.494 e. The average molecular weight is 949 g/mol. The fourth-order valence-electron chi connectivity index (χ4n) is 7.45. The number of hydrogen-bond acceptors (Lipinski definition) is 10. The molecule has 0 atom stereocenters. The highest BCUT2D eigenvalue weighted by Gasteiger charge is 2.19. The Labute approximate surface area is 405 Å². The Bertz CT molecular complexity index is 2360. The van der Waals surface area contributed by atoms with Crippen molar-refractivity contribution in [1.82, 2.24) is 0 Å². The van der Waals surface area contributed by atoms with E-state index in [0.29, 0.717) is 24.5 Å². The first kappa shape index (κ1) is 53.4. The van der Waals surface area contributed by atoms with Crippen molar-refractivity contribution in [3.8, 4) is 34.5 Å². The molecular formula is C57H66F2O10. The number of benzene rings is 5. The summed E-state index contributed by atoms with van der Waals surface area (Å²) in [6.07, 6.45) is 22.8. The molecule has 0 bridgehead atoms. The Hall–Kier alpha value is -6.56. The van der Waals surface area contributed by atoms with Crippen LogP contribution in [-0.2, 0) is 0 Å². The van der Waals surface area contributed by atoms with E-state index in [2.05, 4.69) is 13.8 Å². The van der Waals surface area contributed by atoms with E-state index in [1.165, 1.54) is 157 Å². The smallest absolute Gasteiger partial charge is 0.346 e. The van der Waals surface area contributed by atoms with Crippen LogP contribution >= 0.6 is 0 Å². The van der Waals surface area contributed by atoms with E-state index in [1.54, 1.807) is 24.3 Å². The molecule has 10 nitrogen and oxygen atoms in total. The van der Waals surface area contributed by atoms with Gasteiger partial charge in [0.2, 0.25) is 0 Å². The maximum absolute atomic E-state index is 15.1. The lowest BCUT2D eigenvalue weighted by atomic mass is 10.1. The van der Waals surface area contributed by atoms with Gasteiger partial charge in [-0.05, 0) is 104 Å². The minimum Gasteiger partial charge on any atom is -0.494 e. The van der Waals surface area contributed by atoms with Gasteiger partial charge in [0.15, 0.2) is 11.6 Å². The van der Waals surface area contributed by atoms with Gasteiger partial charge in [-0.25, -0.2) is 28.0 Å². The van der Waals surface area contributed by atoms with E-state index in [4.69, 9.17) is 28.4 Å². The molecule has 368 valence electrons. The molecule has 0 heterocycles. The first-order chi connectivity index (χ1) is 33.6. The van der Waals surface area contributed by atoms with E-state index in [1.807, 2.05) is 0 Å². The molecule has 0 radical (unpaired) electrons. The van der Waals surface area contributed by atoms with Crippen molar-refractivity contribution >= 4 is 23.9 Å². The first-order valence-electron chi connectivity index (χ1n) is 24.7. The summed E-state index contributed by atoms with van der Waals surface area (Å²) >= 11 is 0. The summed E-state index contributed by atoms with van der Waals surface area (Å²) in [5.74, 6) is -4.38. The zero-order valence-electron chi connectivity index (χ0n) is 40.1. The van der Waals surface area contributed by atoms with Gasteiger partial charge in [0, 0.05) is 12.1 Å². The van der Waals surface area contributed by atoms with Gasteiger partial charge in [0.1, 0.15) is 34.6 Å². The van der Waals surface area contributed by atoms with Crippen molar-refractivity contribution in [2.45, 2.75) is 136 Å². The van der Waals surface area contributed by atoms with Crippen molar-refractivity contribution in [3.63, 3.8) is 0 Å². The van der Waals surface area contributed by atoms with Crippen LogP contribution in [0.2, 0.25) is 0 Å². The number of carbonyl (C=O) groups excluding carboxylic acids is 4. The van der Waals surface area contributed by atoms with Crippen LogP contribution in [-0.4, -0.2) is 37.1 Å². The van der Waals surface area contributed by atoms with E-state index in [-0.39, 0.29) is 39.9 Å². The molecule has 0 unspecified atom stereocenters. The monoisotopic (exact) mass is 948 g/mol. The molecule has 12 heteroatoms. The maximum Gasteiger partial charge on any atom is 0.346 e. The third kappa shape index (κ3) is 19.2. The fourth-order valence-corrected chi connectivity index (χ4v) is 7.45. The Kier molecular flexibility index (Phi) is 23.2. The zero-order valence-corrected chi connectivity index (χ0v) is 40.1. The van der Waals surface area contributed by atoms with Crippen LogP contribution in [0.4, 0.5) is 8.78 Å². The van der Waals surface area contributed by atoms with Crippen LogP contribution < -0.4 is 28.4 Å². The quantitative estimate of drug-likeness (QED) is 0.0241. The summed E-state index contributed by atoms with van der Waals surface area (Å²) in [4.78, 5) is 51.5. The number of hydrogen-bond donors (Lipinski definition) is 0. The predicted octanol–water partition coefficient (Wildman–Crippen LogP) is 15.1. The third-order valence-corrected chi connectivity index (χ3v) is 11.4. The molecule has 0 N–H and O–H groups in total. The van der Waals surface area contributed by atoms with E-state index in [0.717, 1.165) is 50.3 Å². The minimum atomic E-state index is -1.07. The molecule has 0 aromatic heterocycles. The summed E-state index contributed by atoms with van der Waals surface area (Å²) in [6.45, 7) is 5.41. The van der Waals surface area contributed by atoms with Gasteiger partial charge in [0.25, 0.3) is 0 Å². The summed E-state index contributed by atoms with van der Waals surface area (Å²) < 4.78 is 62.9. The molecule has 0 spiro atoms. The fraction of sp³-hybridized carbons (Fsp3) is 0.404. The SMILES string of the molecule is CCCCCCCCCCCCOc1ccc(C(=O)Oc2ccc(C(=O)Oc3cccc(OC(=O)c4ccc(OC(=O)c5ccc(OCCCCCCCCCCC)c(F)c5)cc4F)c3)cc2)cc1. The molecule has 0 amide bonds. The number of carbonyl (C=O) groups is 4. The summed E-state index contributed by atoms with van der Waals surface area (Å²) in [5.41, 5.74) is -0.0754. The number of unbranched alkanes of at least 4 members (excludes halogenated alkanes) is 17. The Morgan fingerprint density at radius 3 is 1.28 bits per heavy atom. The van der Waals surface area contributed by atoms with E-state index < -0.39 is 41.1 Å². The van der Waals surface area contributed by atoms with E-state index in [9.17, 15) is 23.6 Å². The van der Waals surface area contributed by atoms with Crippen LogP contribution in [0.25, 0.3) is 0 Å². The molecule has 0 aliphatic heterocycles. The average Bonchev–Trinajstić information content (AvgIpc) is 3.34. The highest BCUT2D eigenvalue weighted by Crippen LogP contribution is 2.26. The topological polar surface area (TPSA) is 124 Å². The van der Waals surface area contributed by atoms with Crippen LogP contribution in [0.1, 0.15) is 177 Å². The second-order valence-electron chi connectivity index (χ2n) is 17.1. The molecule has 5 aromatic rings. The molecule has 69 heavy (non-hydrogen) atoms. The van der Waals surface area contributed by atoms with Crippen LogP contribution in [0, 0.1) is 11.6 Å². The molecule has 0 aliphatic carbocycles. The molecule has 5 aromatic carbocycles. The second kappa shape index (κ2) is 30.0. The molecule has 0 fully saturated rings. The zero-order chi connectivity index (χ0) is 49.1. The van der Waals surface area contributed by atoms with Crippen molar-refractivity contribution in [2.75, 3.05) is 13.2 Å². The van der Waals surface area contributed by atoms with Gasteiger partial charge in [-0.1, -0.05) is 129 Å². The lowest BCUT2D eigenvalue weighted by Crippen LogP contribution is -2.13. The standard InChI is InChI=1S/C57H66F2O10/c1-3-5-7-9-11-13-15-16-18-20-37-64-45-30-25-42(26-31-45)54(60)66-46-32-27-43(28-33-46)55(61)67-47-23-22-24-48(40-47)69-57(63)50-35-34-49(41-51(50)58)68-56(62)44-29-36-53(52(59)39-44)65-38-21-19-17-14-12-10-8-6-4-2/h22-36,39-41H,3-21,37-38H2,1-2H3. The van der Waals surface area contributed by atoms with Gasteiger partial charge >= 0.3 is 23.9 Å². The van der Waals surface area contributed by atoms with Gasteiger partial charge in [0.05, 0.1) is 35.5 Å². The lowest BCUT2D eigenvalue weighted by molar-refractivity contribution is 0.0720. The Morgan fingerprint density at radius 1 is 0.362 bits per heavy atom. The van der Waals surface area contributed by atoms with Gasteiger partial charge < -0.3 is 28.4 Å². The molecule has 0 aliphatic rings. The van der Waals surface area contributed by atoms with Crippen molar-refractivity contribution in [1.29, 1.82) is 0 Å². The van der Waals surface area contributed by atoms with Crippen LogP contribution in [0.3, 0.4) is 0 Å². The molecule has 0 saturated carbocycles. The molecule has 0 saturated heterocycles. The van der Waals surface area contributed by atoms with Crippen molar-refractivity contribution in [2.24, 2.45) is 0 Å². The lowest BCUT2D eigenvalue weighted by Gasteiger charge is -2.10. The number of esters is 4. The Morgan fingerprint density at radius 2 is 0.768 bits per heavy atom. The van der Waals surface area contributed by atoms with Gasteiger partial charge in [-0.15, -0.1) is 0 Å². The van der Waals surface area contributed by atoms with Crippen molar-refractivity contribution in [3.05, 3.63) is 143 Å². The third-order valence-electron chi connectivity index (χ3n) is 11.4. The molecular weight excluding hydrogens is 883 g/mol. The summed E-state index contributed by atoms with van der Waals surface area (Å²) in [7, 11) is 0. The number of rotatable bonds is 31. The maximum atomic E-state index is 15.1. The van der Waals surface area contributed by atoms with E-state index >= 15 is 4.39 Å². The summed E-state index contributed by atoms with van der Waals surface area (Å²) in [6, 6.07) is 25.0.